The van der Waals surface area contributed by atoms with Crippen LogP contribution in [0, 0.1) is 0 Å². The first-order valence-corrected chi connectivity index (χ1v) is 6.13. The topological polar surface area (TPSA) is 28.2 Å². The Kier molecular flexibility index (Phi) is 4.04. The van der Waals surface area contributed by atoms with Crippen molar-refractivity contribution >= 4 is 29.0 Å². The number of nitrogens with one attached hydrogen (secondary N) is 1. The van der Waals surface area contributed by atoms with Gasteiger partial charge in [0.15, 0.2) is 0 Å². The maximum absolute atomic E-state index is 4.35. The summed E-state index contributed by atoms with van der Waals surface area (Å²) in [6, 6.07) is 11.2. The van der Waals surface area contributed by atoms with Crippen LogP contribution in [0.2, 0.25) is 0 Å². The standard InChI is InChI=1S/C14H17N3.ClH/c1-17(13-6-8-15-10-13)12-4-5-14-11(9-12)3-2-7-16-14;/h2-5,7,9,13,15H,6,8,10H2,1H3;1H/t13-;/m0./s1. The highest BCUT2D eigenvalue weighted by atomic mass is 35.5. The molecule has 0 radical (unpaired) electrons. The molecule has 3 rings (SSSR count). The number of halogens is 1. The van der Waals surface area contributed by atoms with Crippen LogP contribution in [0.4, 0.5) is 5.69 Å². The summed E-state index contributed by atoms with van der Waals surface area (Å²) in [7, 11) is 2.18. The first-order valence-electron chi connectivity index (χ1n) is 6.13. The number of pyridine rings is 1. The number of aromatic nitrogens is 1. The molecule has 4 heteroatoms. The molecule has 1 aliphatic rings. The Hall–Kier alpha value is -1.32. The SMILES string of the molecule is CN(c1ccc2ncccc2c1)[C@H]1CCNC1.Cl. The highest BCUT2D eigenvalue weighted by Gasteiger charge is 2.19. The third-order valence-corrected chi connectivity index (χ3v) is 3.58. The third-order valence-electron chi connectivity index (χ3n) is 3.58. The quantitative estimate of drug-likeness (QED) is 0.902. The van der Waals surface area contributed by atoms with E-state index in [-0.39, 0.29) is 12.4 Å². The van der Waals surface area contributed by atoms with E-state index < -0.39 is 0 Å². The number of anilines is 1. The van der Waals surface area contributed by atoms with Gasteiger partial charge in [-0.25, -0.2) is 0 Å². The van der Waals surface area contributed by atoms with Crippen molar-refractivity contribution in [2.45, 2.75) is 12.5 Å². The highest BCUT2D eigenvalue weighted by molar-refractivity contribution is 5.85. The molecule has 1 atom stereocenters. The summed E-state index contributed by atoms with van der Waals surface area (Å²) in [5.41, 5.74) is 2.34. The van der Waals surface area contributed by atoms with Gasteiger partial charge >= 0.3 is 0 Å². The van der Waals surface area contributed by atoms with Crippen molar-refractivity contribution in [1.29, 1.82) is 0 Å². The van der Waals surface area contributed by atoms with Crippen LogP contribution < -0.4 is 10.2 Å². The average molecular weight is 264 g/mol. The minimum Gasteiger partial charge on any atom is -0.370 e. The number of likely N-dealkylation sites (N-methyl/N-ethyl adjacent to an activating group) is 1. The molecule has 1 N–H and O–H groups in total. The first-order chi connectivity index (χ1) is 8.34. The third kappa shape index (κ3) is 2.42. The number of hydrogen-bond donors (Lipinski definition) is 1. The second-order valence-corrected chi connectivity index (χ2v) is 4.64. The molecule has 0 bridgehead atoms. The van der Waals surface area contributed by atoms with Crippen LogP contribution in [-0.4, -0.2) is 31.2 Å². The van der Waals surface area contributed by atoms with Crippen molar-refractivity contribution in [2.24, 2.45) is 0 Å². The largest absolute Gasteiger partial charge is 0.370 e. The molecule has 1 aliphatic heterocycles. The van der Waals surface area contributed by atoms with E-state index in [4.69, 9.17) is 0 Å². The molecule has 0 saturated carbocycles. The van der Waals surface area contributed by atoms with Crippen molar-refractivity contribution in [3.63, 3.8) is 0 Å². The summed E-state index contributed by atoms with van der Waals surface area (Å²) >= 11 is 0. The second kappa shape index (κ2) is 5.55. The van der Waals surface area contributed by atoms with Crippen LogP contribution in [0.25, 0.3) is 10.9 Å². The van der Waals surface area contributed by atoms with Gasteiger partial charge in [0.05, 0.1) is 5.52 Å². The van der Waals surface area contributed by atoms with E-state index in [1.807, 2.05) is 12.3 Å². The lowest BCUT2D eigenvalue weighted by Crippen LogP contribution is -2.33. The summed E-state index contributed by atoms with van der Waals surface area (Å²) in [6.45, 7) is 2.21. The zero-order valence-corrected chi connectivity index (χ0v) is 11.3. The summed E-state index contributed by atoms with van der Waals surface area (Å²) in [5, 5.41) is 4.62. The predicted molar refractivity (Wildman–Crippen MR) is 78.7 cm³/mol. The van der Waals surface area contributed by atoms with Crippen LogP contribution in [0.15, 0.2) is 36.5 Å². The van der Waals surface area contributed by atoms with Crippen LogP contribution in [0.1, 0.15) is 6.42 Å². The Bertz CT molecular complexity index is 523. The lowest BCUT2D eigenvalue weighted by molar-refractivity contribution is 0.686. The number of nitrogens with zero attached hydrogens (tertiary/aromatic N) is 2. The Morgan fingerprint density at radius 2 is 2.22 bits per heavy atom. The minimum absolute atomic E-state index is 0. The van der Waals surface area contributed by atoms with Crippen LogP contribution >= 0.6 is 12.4 Å². The van der Waals surface area contributed by atoms with Crippen molar-refractivity contribution in [1.82, 2.24) is 10.3 Å². The lowest BCUT2D eigenvalue weighted by atomic mass is 10.1. The van der Waals surface area contributed by atoms with Crippen molar-refractivity contribution in [3.8, 4) is 0 Å². The Morgan fingerprint density at radius 1 is 1.33 bits per heavy atom. The zero-order valence-electron chi connectivity index (χ0n) is 10.5. The maximum atomic E-state index is 4.35. The van der Waals surface area contributed by atoms with Gasteiger partial charge in [0.2, 0.25) is 0 Å². The Balaban J connectivity index is 0.00000120. The van der Waals surface area contributed by atoms with Gasteiger partial charge in [-0.1, -0.05) is 6.07 Å². The van der Waals surface area contributed by atoms with E-state index in [2.05, 4.69) is 46.5 Å². The molecule has 0 spiro atoms. The van der Waals surface area contributed by atoms with Gasteiger partial charge in [-0.15, -0.1) is 12.4 Å². The van der Waals surface area contributed by atoms with Crippen LogP contribution in [0.5, 0.6) is 0 Å². The normalized spacial score (nSPS) is 18.6. The van der Waals surface area contributed by atoms with Gasteiger partial charge in [0.1, 0.15) is 0 Å². The van der Waals surface area contributed by atoms with Gasteiger partial charge in [-0.3, -0.25) is 4.98 Å². The molecular formula is C14H18ClN3. The fraction of sp³-hybridized carbons (Fsp3) is 0.357. The smallest absolute Gasteiger partial charge is 0.0703 e. The van der Waals surface area contributed by atoms with Crippen LogP contribution in [0.3, 0.4) is 0 Å². The van der Waals surface area contributed by atoms with Gasteiger partial charge in [-0.2, -0.15) is 0 Å². The molecule has 1 aromatic carbocycles. The molecule has 3 nitrogen and oxygen atoms in total. The fourth-order valence-electron chi connectivity index (χ4n) is 2.46. The molecule has 0 aliphatic carbocycles. The summed E-state index contributed by atoms with van der Waals surface area (Å²) < 4.78 is 0. The second-order valence-electron chi connectivity index (χ2n) is 4.64. The molecule has 1 fully saturated rings. The van der Waals surface area contributed by atoms with E-state index in [9.17, 15) is 0 Å². The van der Waals surface area contributed by atoms with Crippen molar-refractivity contribution < 1.29 is 0 Å². The van der Waals surface area contributed by atoms with Gasteiger partial charge < -0.3 is 10.2 Å². The van der Waals surface area contributed by atoms with Gasteiger partial charge in [0.25, 0.3) is 0 Å². The van der Waals surface area contributed by atoms with Crippen LogP contribution in [-0.2, 0) is 0 Å². The molecule has 2 heterocycles. The monoisotopic (exact) mass is 263 g/mol. The highest BCUT2D eigenvalue weighted by Crippen LogP contribution is 2.22. The minimum atomic E-state index is 0. The number of fused-ring (bicyclic) bond motifs is 1. The number of hydrogen-bond acceptors (Lipinski definition) is 3. The molecule has 18 heavy (non-hydrogen) atoms. The fourth-order valence-corrected chi connectivity index (χ4v) is 2.46. The summed E-state index contributed by atoms with van der Waals surface area (Å²) in [4.78, 5) is 6.72. The van der Waals surface area contributed by atoms with Gasteiger partial charge in [0, 0.05) is 36.9 Å². The number of benzene rings is 1. The summed E-state index contributed by atoms with van der Waals surface area (Å²) in [6.07, 6.45) is 3.06. The first kappa shape index (κ1) is 13.1. The van der Waals surface area contributed by atoms with Gasteiger partial charge in [-0.05, 0) is 37.2 Å². The zero-order chi connectivity index (χ0) is 11.7. The molecular weight excluding hydrogens is 246 g/mol. The van der Waals surface area contributed by atoms with E-state index in [0.717, 1.165) is 18.6 Å². The molecule has 0 amide bonds. The Morgan fingerprint density at radius 3 is 3.00 bits per heavy atom. The molecule has 1 saturated heterocycles. The lowest BCUT2D eigenvalue weighted by Gasteiger charge is -2.26. The van der Waals surface area contributed by atoms with Crippen molar-refractivity contribution in [2.75, 3.05) is 25.0 Å². The predicted octanol–water partition coefficient (Wildman–Crippen LogP) is 2.45. The molecule has 0 unspecified atom stereocenters. The van der Waals surface area contributed by atoms with E-state index in [1.54, 1.807) is 0 Å². The Labute approximate surface area is 114 Å². The van der Waals surface area contributed by atoms with E-state index in [1.165, 1.54) is 17.5 Å². The van der Waals surface area contributed by atoms with Crippen molar-refractivity contribution in [3.05, 3.63) is 36.5 Å². The molecule has 96 valence electrons. The summed E-state index contributed by atoms with van der Waals surface area (Å²) in [5.74, 6) is 0. The number of rotatable bonds is 2. The van der Waals surface area contributed by atoms with E-state index in [0.29, 0.717) is 6.04 Å². The molecule has 2 aromatic rings. The molecule has 1 aromatic heterocycles. The average Bonchev–Trinajstić information content (AvgIpc) is 2.91. The van der Waals surface area contributed by atoms with E-state index >= 15 is 0 Å². The maximum Gasteiger partial charge on any atom is 0.0703 e.